The number of methoxy groups -OCH3 is 1. The molecule has 126 valence electrons. The summed E-state index contributed by atoms with van der Waals surface area (Å²) in [6.07, 6.45) is 0.250. The number of nitrogens with zero attached hydrogens (tertiary/aromatic N) is 2. The largest absolute Gasteiger partial charge is 0.496 e. The Balaban J connectivity index is 2.10. The lowest BCUT2D eigenvalue weighted by atomic mass is 10.1. The molecule has 0 radical (unpaired) electrons. The maximum absolute atomic E-state index is 12.7. The van der Waals surface area contributed by atoms with E-state index < -0.39 is 0 Å². The van der Waals surface area contributed by atoms with E-state index in [1.807, 2.05) is 38.1 Å². The fourth-order valence-corrected chi connectivity index (χ4v) is 3.67. The van der Waals surface area contributed by atoms with Crippen LogP contribution in [-0.4, -0.2) is 59.5 Å². The van der Waals surface area contributed by atoms with E-state index >= 15 is 0 Å². The molecule has 0 spiro atoms. The predicted octanol–water partition coefficient (Wildman–Crippen LogP) is 2.01. The van der Waals surface area contributed by atoms with Gasteiger partial charge in [0.15, 0.2) is 0 Å². The molecule has 0 unspecified atom stereocenters. The summed E-state index contributed by atoms with van der Waals surface area (Å²) in [5.74, 6) is 1.91. The third kappa shape index (κ3) is 3.99. The van der Waals surface area contributed by atoms with E-state index in [4.69, 9.17) is 4.74 Å². The highest BCUT2D eigenvalue weighted by Gasteiger charge is 2.36. The number of hydrogen-bond donors (Lipinski definition) is 0. The summed E-state index contributed by atoms with van der Waals surface area (Å²) < 4.78 is 5.30. The third-order valence-electron chi connectivity index (χ3n) is 4.14. The SMILES string of the molecule is COc1ccccc1CC(=O)N1CSC[C@H]1C(=O)N(C)C(C)C. The molecular formula is C17H24N2O3S. The lowest BCUT2D eigenvalue weighted by Gasteiger charge is -2.29. The number of thioether (sulfide) groups is 1. The minimum absolute atomic E-state index is 0.0124. The van der Waals surface area contributed by atoms with Crippen molar-refractivity contribution in [1.82, 2.24) is 9.80 Å². The maximum atomic E-state index is 12.7. The van der Waals surface area contributed by atoms with Gasteiger partial charge in [0.25, 0.3) is 0 Å². The number of amides is 2. The van der Waals surface area contributed by atoms with Crippen molar-refractivity contribution in [2.75, 3.05) is 25.8 Å². The fraction of sp³-hybridized carbons (Fsp3) is 0.529. The van der Waals surface area contributed by atoms with Gasteiger partial charge in [-0.1, -0.05) is 18.2 Å². The summed E-state index contributed by atoms with van der Waals surface area (Å²) in [6.45, 7) is 3.95. The molecule has 1 aliphatic heterocycles. The van der Waals surface area contributed by atoms with Crippen molar-refractivity contribution < 1.29 is 14.3 Å². The van der Waals surface area contributed by atoms with Crippen LogP contribution in [0, 0.1) is 0 Å². The molecule has 6 heteroatoms. The molecule has 1 aliphatic rings. The van der Waals surface area contributed by atoms with Crippen LogP contribution in [0.25, 0.3) is 0 Å². The first-order valence-corrected chi connectivity index (χ1v) is 8.87. The lowest BCUT2D eigenvalue weighted by molar-refractivity contribution is -0.143. The summed E-state index contributed by atoms with van der Waals surface area (Å²) in [5, 5.41) is 0. The summed E-state index contributed by atoms with van der Waals surface area (Å²) >= 11 is 1.62. The second-order valence-corrected chi connectivity index (χ2v) is 6.91. The van der Waals surface area contributed by atoms with Gasteiger partial charge in [0.1, 0.15) is 11.8 Å². The van der Waals surface area contributed by atoms with Crippen LogP contribution in [0.1, 0.15) is 19.4 Å². The highest BCUT2D eigenvalue weighted by Crippen LogP contribution is 2.25. The monoisotopic (exact) mass is 336 g/mol. The Morgan fingerprint density at radius 1 is 1.39 bits per heavy atom. The van der Waals surface area contributed by atoms with Crippen molar-refractivity contribution >= 4 is 23.6 Å². The van der Waals surface area contributed by atoms with Crippen LogP contribution in [0.4, 0.5) is 0 Å². The first-order valence-electron chi connectivity index (χ1n) is 7.71. The van der Waals surface area contributed by atoms with E-state index in [1.165, 1.54) is 0 Å². The van der Waals surface area contributed by atoms with Gasteiger partial charge in [-0.15, -0.1) is 11.8 Å². The second kappa shape index (κ2) is 7.73. The molecule has 2 rings (SSSR count). The van der Waals surface area contributed by atoms with E-state index in [0.717, 1.165) is 5.56 Å². The Morgan fingerprint density at radius 3 is 2.74 bits per heavy atom. The highest BCUT2D eigenvalue weighted by molar-refractivity contribution is 7.99. The number of para-hydroxylation sites is 1. The van der Waals surface area contributed by atoms with Crippen LogP contribution in [-0.2, 0) is 16.0 Å². The van der Waals surface area contributed by atoms with E-state index in [2.05, 4.69) is 0 Å². The van der Waals surface area contributed by atoms with Gasteiger partial charge in [-0.05, 0) is 19.9 Å². The normalized spacial score (nSPS) is 17.4. The molecule has 0 aliphatic carbocycles. The number of benzene rings is 1. The molecule has 1 fully saturated rings. The van der Waals surface area contributed by atoms with Gasteiger partial charge in [-0.3, -0.25) is 9.59 Å². The van der Waals surface area contributed by atoms with Crippen LogP contribution < -0.4 is 4.74 Å². The first-order chi connectivity index (χ1) is 11.0. The van der Waals surface area contributed by atoms with Crippen LogP contribution in [0.5, 0.6) is 5.75 Å². The Labute approximate surface area is 142 Å². The van der Waals surface area contributed by atoms with Crippen LogP contribution in [0.2, 0.25) is 0 Å². The fourth-order valence-electron chi connectivity index (χ4n) is 2.50. The summed E-state index contributed by atoms with van der Waals surface area (Å²) in [4.78, 5) is 28.6. The van der Waals surface area contributed by atoms with Gasteiger partial charge >= 0.3 is 0 Å². The lowest BCUT2D eigenvalue weighted by Crippen LogP contribution is -2.49. The standard InChI is InChI=1S/C17H24N2O3S/c1-12(2)18(3)17(21)14-10-23-11-19(14)16(20)9-13-7-5-6-8-15(13)22-4/h5-8,12,14H,9-11H2,1-4H3/t14-/m0/s1. The number of ether oxygens (including phenoxy) is 1. The molecule has 1 aromatic rings. The molecule has 2 amide bonds. The Kier molecular flexibility index (Phi) is 5.93. The van der Waals surface area contributed by atoms with Gasteiger partial charge in [-0.25, -0.2) is 0 Å². The molecular weight excluding hydrogens is 312 g/mol. The number of carbonyl (C=O) groups is 2. The van der Waals surface area contributed by atoms with E-state index in [0.29, 0.717) is 17.4 Å². The maximum Gasteiger partial charge on any atom is 0.246 e. The van der Waals surface area contributed by atoms with E-state index in [1.54, 1.807) is 35.7 Å². The highest BCUT2D eigenvalue weighted by atomic mass is 32.2. The van der Waals surface area contributed by atoms with Crippen molar-refractivity contribution in [3.05, 3.63) is 29.8 Å². The van der Waals surface area contributed by atoms with Crippen molar-refractivity contribution in [1.29, 1.82) is 0 Å². The molecule has 0 saturated carbocycles. The minimum Gasteiger partial charge on any atom is -0.496 e. The van der Waals surface area contributed by atoms with Gasteiger partial charge in [0, 0.05) is 24.4 Å². The molecule has 1 heterocycles. The van der Waals surface area contributed by atoms with Crippen molar-refractivity contribution in [2.24, 2.45) is 0 Å². The number of likely N-dealkylation sites (N-methyl/N-ethyl adjacent to an activating group) is 1. The molecule has 5 nitrogen and oxygen atoms in total. The average molecular weight is 336 g/mol. The van der Waals surface area contributed by atoms with Crippen LogP contribution >= 0.6 is 11.8 Å². The smallest absolute Gasteiger partial charge is 0.246 e. The molecule has 23 heavy (non-hydrogen) atoms. The topological polar surface area (TPSA) is 49.9 Å². The zero-order valence-electron chi connectivity index (χ0n) is 14.1. The summed E-state index contributed by atoms with van der Waals surface area (Å²) in [6, 6.07) is 7.25. The zero-order chi connectivity index (χ0) is 17.0. The molecule has 1 atom stereocenters. The molecule has 0 bridgehead atoms. The van der Waals surface area contributed by atoms with Gasteiger partial charge < -0.3 is 14.5 Å². The van der Waals surface area contributed by atoms with Gasteiger partial charge in [0.2, 0.25) is 11.8 Å². The van der Waals surface area contributed by atoms with E-state index in [-0.39, 0.29) is 30.3 Å². The molecule has 1 aromatic carbocycles. The van der Waals surface area contributed by atoms with Crippen molar-refractivity contribution in [2.45, 2.75) is 32.4 Å². The third-order valence-corrected chi connectivity index (χ3v) is 5.16. The van der Waals surface area contributed by atoms with E-state index in [9.17, 15) is 9.59 Å². The number of carbonyl (C=O) groups excluding carboxylic acids is 2. The predicted molar refractivity (Wildman–Crippen MR) is 92.6 cm³/mol. The molecule has 0 N–H and O–H groups in total. The Bertz CT molecular complexity index is 577. The van der Waals surface area contributed by atoms with Crippen LogP contribution in [0.3, 0.4) is 0 Å². The van der Waals surface area contributed by atoms with Crippen LogP contribution in [0.15, 0.2) is 24.3 Å². The Morgan fingerprint density at radius 2 is 2.09 bits per heavy atom. The average Bonchev–Trinajstić information content (AvgIpc) is 3.03. The Hall–Kier alpha value is -1.69. The molecule has 1 saturated heterocycles. The number of hydrogen-bond acceptors (Lipinski definition) is 4. The molecule has 0 aromatic heterocycles. The van der Waals surface area contributed by atoms with Gasteiger partial charge in [0.05, 0.1) is 19.4 Å². The zero-order valence-corrected chi connectivity index (χ0v) is 14.9. The summed E-state index contributed by atoms with van der Waals surface area (Å²) in [5.41, 5.74) is 0.848. The summed E-state index contributed by atoms with van der Waals surface area (Å²) in [7, 11) is 3.39. The minimum atomic E-state index is -0.366. The van der Waals surface area contributed by atoms with Crippen molar-refractivity contribution in [3.63, 3.8) is 0 Å². The quantitative estimate of drug-likeness (QED) is 0.825. The van der Waals surface area contributed by atoms with Crippen molar-refractivity contribution in [3.8, 4) is 5.75 Å². The van der Waals surface area contributed by atoms with Gasteiger partial charge in [-0.2, -0.15) is 0 Å². The number of rotatable bonds is 5. The first kappa shape index (κ1) is 17.7. The second-order valence-electron chi connectivity index (χ2n) is 5.91.